The van der Waals surface area contributed by atoms with Crippen molar-refractivity contribution in [1.29, 1.82) is 0 Å². The highest BCUT2D eigenvalue weighted by atomic mass is 16.5. The molecule has 1 fully saturated rings. The number of likely N-dealkylation sites (tertiary alicyclic amines) is 1. The Hall–Kier alpha value is -1.59. The molecule has 0 amide bonds. The van der Waals surface area contributed by atoms with Gasteiger partial charge in [0.25, 0.3) is 0 Å². The molecule has 1 unspecified atom stereocenters. The molecule has 1 aliphatic heterocycles. The number of aliphatic hydroxyl groups excluding tert-OH is 1. The van der Waals surface area contributed by atoms with Crippen LogP contribution in [-0.4, -0.2) is 47.4 Å². The average Bonchev–Trinajstić information content (AvgIpc) is 2.63. The third-order valence-electron chi connectivity index (χ3n) is 3.69. The number of carbonyl (C=O) groups is 1. The number of nitrogens with zero attached hydrogens (tertiary/aromatic N) is 1. The molecule has 5 nitrogen and oxygen atoms in total. The summed E-state index contributed by atoms with van der Waals surface area (Å²) in [6.07, 6.45) is 2.40. The van der Waals surface area contributed by atoms with Crippen LogP contribution in [0.25, 0.3) is 0 Å². The van der Waals surface area contributed by atoms with Crippen LogP contribution >= 0.6 is 0 Å². The second kappa shape index (κ2) is 6.72. The predicted octanol–water partition coefficient (Wildman–Crippen LogP) is 1.74. The molecular weight excluding hydrogens is 258 g/mol. The van der Waals surface area contributed by atoms with Gasteiger partial charge in [-0.1, -0.05) is 6.07 Å². The Kier molecular flexibility index (Phi) is 4.98. The lowest BCUT2D eigenvalue weighted by molar-refractivity contribution is 0.0693. The number of aromatic carboxylic acids is 1. The number of ether oxygens (including phenoxy) is 1. The number of carboxylic acid groups (broad SMARTS) is 1. The summed E-state index contributed by atoms with van der Waals surface area (Å²) in [7, 11) is 1.47. The van der Waals surface area contributed by atoms with Gasteiger partial charge in [-0.05, 0) is 43.5 Å². The Morgan fingerprint density at radius 1 is 1.40 bits per heavy atom. The number of benzene rings is 1. The van der Waals surface area contributed by atoms with Crippen LogP contribution in [0.15, 0.2) is 18.2 Å². The lowest BCUT2D eigenvalue weighted by Gasteiger charge is -2.20. The van der Waals surface area contributed by atoms with Gasteiger partial charge < -0.3 is 14.9 Å². The summed E-state index contributed by atoms with van der Waals surface area (Å²) < 4.78 is 5.06. The van der Waals surface area contributed by atoms with Gasteiger partial charge >= 0.3 is 5.97 Å². The number of rotatable bonds is 4. The molecular formula is C15H21NO4. The Morgan fingerprint density at radius 2 is 2.20 bits per heavy atom. The SMILES string of the molecule is COc1ccc(CN2CCCC(O)CC2)cc1C(=O)O. The van der Waals surface area contributed by atoms with Gasteiger partial charge in [-0.15, -0.1) is 0 Å². The third-order valence-corrected chi connectivity index (χ3v) is 3.69. The van der Waals surface area contributed by atoms with Crippen molar-refractivity contribution in [2.75, 3.05) is 20.2 Å². The maximum Gasteiger partial charge on any atom is 0.339 e. The zero-order valence-corrected chi connectivity index (χ0v) is 11.7. The van der Waals surface area contributed by atoms with E-state index in [0.29, 0.717) is 12.3 Å². The number of methoxy groups -OCH3 is 1. The van der Waals surface area contributed by atoms with Crippen LogP contribution in [0, 0.1) is 0 Å². The number of aliphatic hydroxyl groups is 1. The highest BCUT2D eigenvalue weighted by Crippen LogP contribution is 2.21. The third kappa shape index (κ3) is 3.71. The maximum atomic E-state index is 11.2. The Morgan fingerprint density at radius 3 is 2.90 bits per heavy atom. The summed E-state index contributed by atoms with van der Waals surface area (Å²) in [6, 6.07) is 5.26. The van der Waals surface area contributed by atoms with Crippen molar-refractivity contribution in [2.24, 2.45) is 0 Å². The monoisotopic (exact) mass is 279 g/mol. The molecule has 2 rings (SSSR count). The fourth-order valence-electron chi connectivity index (χ4n) is 2.58. The van der Waals surface area contributed by atoms with Crippen LogP contribution in [0.4, 0.5) is 0 Å². The molecule has 0 saturated carbocycles. The molecule has 0 aromatic heterocycles. The molecule has 0 radical (unpaired) electrons. The van der Waals surface area contributed by atoms with Crippen LogP contribution in [0.5, 0.6) is 5.75 Å². The van der Waals surface area contributed by atoms with Crippen LogP contribution in [0.3, 0.4) is 0 Å². The van der Waals surface area contributed by atoms with Gasteiger partial charge in [-0.3, -0.25) is 4.90 Å². The zero-order chi connectivity index (χ0) is 14.5. The van der Waals surface area contributed by atoms with Gasteiger partial charge in [0.15, 0.2) is 0 Å². The Labute approximate surface area is 118 Å². The van der Waals surface area contributed by atoms with E-state index >= 15 is 0 Å². The first-order chi connectivity index (χ1) is 9.60. The van der Waals surface area contributed by atoms with Crippen molar-refractivity contribution in [3.63, 3.8) is 0 Å². The second-order valence-electron chi connectivity index (χ2n) is 5.20. The summed E-state index contributed by atoms with van der Waals surface area (Å²) in [6.45, 7) is 2.48. The number of hydrogen-bond acceptors (Lipinski definition) is 4. The van der Waals surface area contributed by atoms with Crippen molar-refractivity contribution < 1.29 is 19.7 Å². The van der Waals surface area contributed by atoms with E-state index in [1.165, 1.54) is 7.11 Å². The van der Waals surface area contributed by atoms with E-state index in [1.807, 2.05) is 6.07 Å². The van der Waals surface area contributed by atoms with Gasteiger partial charge in [0.1, 0.15) is 11.3 Å². The average molecular weight is 279 g/mol. The Balaban J connectivity index is 2.09. The summed E-state index contributed by atoms with van der Waals surface area (Å²) in [5.74, 6) is -0.595. The van der Waals surface area contributed by atoms with Crippen LogP contribution in [-0.2, 0) is 6.54 Å². The van der Waals surface area contributed by atoms with E-state index in [4.69, 9.17) is 4.74 Å². The van der Waals surface area contributed by atoms with Gasteiger partial charge in [-0.25, -0.2) is 4.79 Å². The number of carboxylic acids is 1. The van der Waals surface area contributed by atoms with E-state index in [9.17, 15) is 15.0 Å². The first-order valence-corrected chi connectivity index (χ1v) is 6.91. The van der Waals surface area contributed by atoms with Crippen LogP contribution < -0.4 is 4.74 Å². The lowest BCUT2D eigenvalue weighted by atomic mass is 10.1. The molecule has 1 heterocycles. The molecule has 0 aliphatic carbocycles. The minimum atomic E-state index is -0.977. The van der Waals surface area contributed by atoms with Gasteiger partial charge in [0.2, 0.25) is 0 Å². The molecule has 20 heavy (non-hydrogen) atoms. The maximum absolute atomic E-state index is 11.2. The molecule has 0 spiro atoms. The smallest absolute Gasteiger partial charge is 0.339 e. The standard InChI is InChI=1S/C15H21NO4/c1-20-14-5-4-11(9-13(14)15(18)19)10-16-7-2-3-12(17)6-8-16/h4-5,9,12,17H,2-3,6-8,10H2,1H3,(H,18,19). The van der Waals surface area contributed by atoms with E-state index in [2.05, 4.69) is 4.90 Å². The largest absolute Gasteiger partial charge is 0.496 e. The van der Waals surface area contributed by atoms with Gasteiger partial charge in [-0.2, -0.15) is 0 Å². The lowest BCUT2D eigenvalue weighted by Crippen LogP contribution is -2.24. The minimum absolute atomic E-state index is 0.194. The first-order valence-electron chi connectivity index (χ1n) is 6.91. The van der Waals surface area contributed by atoms with Crippen molar-refractivity contribution in [3.8, 4) is 5.75 Å². The summed E-state index contributed by atoms with van der Waals surface area (Å²) in [4.78, 5) is 13.5. The summed E-state index contributed by atoms with van der Waals surface area (Å²) in [5.41, 5.74) is 1.15. The topological polar surface area (TPSA) is 70.0 Å². The normalized spacial score (nSPS) is 20.4. The molecule has 1 atom stereocenters. The molecule has 2 N–H and O–H groups in total. The zero-order valence-electron chi connectivity index (χ0n) is 11.7. The fraction of sp³-hybridized carbons (Fsp3) is 0.533. The molecule has 1 aromatic rings. The van der Waals surface area contributed by atoms with E-state index in [1.54, 1.807) is 12.1 Å². The van der Waals surface area contributed by atoms with Crippen LogP contribution in [0.1, 0.15) is 35.2 Å². The van der Waals surface area contributed by atoms with Crippen molar-refractivity contribution in [2.45, 2.75) is 31.9 Å². The van der Waals surface area contributed by atoms with Crippen molar-refractivity contribution in [3.05, 3.63) is 29.3 Å². The number of hydrogen-bond donors (Lipinski definition) is 2. The predicted molar refractivity (Wildman–Crippen MR) is 75.1 cm³/mol. The van der Waals surface area contributed by atoms with E-state index in [-0.39, 0.29) is 11.7 Å². The second-order valence-corrected chi connectivity index (χ2v) is 5.20. The minimum Gasteiger partial charge on any atom is -0.496 e. The highest BCUT2D eigenvalue weighted by molar-refractivity contribution is 5.91. The van der Waals surface area contributed by atoms with E-state index in [0.717, 1.165) is 37.9 Å². The molecule has 110 valence electrons. The fourth-order valence-corrected chi connectivity index (χ4v) is 2.58. The molecule has 1 aromatic carbocycles. The van der Waals surface area contributed by atoms with Crippen LogP contribution in [0.2, 0.25) is 0 Å². The molecule has 5 heteroatoms. The first kappa shape index (κ1) is 14.8. The van der Waals surface area contributed by atoms with Crippen molar-refractivity contribution >= 4 is 5.97 Å². The quantitative estimate of drug-likeness (QED) is 0.878. The van der Waals surface area contributed by atoms with E-state index < -0.39 is 5.97 Å². The molecule has 0 bridgehead atoms. The summed E-state index contributed by atoms with van der Waals surface area (Å²) >= 11 is 0. The Bertz CT molecular complexity index is 475. The van der Waals surface area contributed by atoms with Crippen molar-refractivity contribution in [1.82, 2.24) is 4.90 Å². The molecule has 1 aliphatic rings. The summed E-state index contributed by atoms with van der Waals surface area (Å²) in [5, 5.41) is 18.8. The van der Waals surface area contributed by atoms with Gasteiger partial charge in [0, 0.05) is 13.1 Å². The van der Waals surface area contributed by atoms with Gasteiger partial charge in [0.05, 0.1) is 13.2 Å². The molecule has 1 saturated heterocycles. The highest BCUT2D eigenvalue weighted by Gasteiger charge is 2.17.